The largest absolute Gasteiger partial charge is 0.493 e. The monoisotopic (exact) mass is 391 g/mol. The van der Waals surface area contributed by atoms with E-state index in [1.807, 2.05) is 37.3 Å². The average molecular weight is 392 g/mol. The molecule has 0 atom stereocenters. The molecule has 2 aromatic rings. The molecule has 2 aromatic carbocycles. The fraction of sp³-hybridized carbons (Fsp3) is 0.400. The maximum absolute atomic E-state index is 12.8. The first kappa shape index (κ1) is 19.7. The van der Waals surface area contributed by atoms with Gasteiger partial charge in [-0.25, -0.2) is 8.42 Å². The first-order valence-electron chi connectivity index (χ1n) is 9.05. The number of rotatable bonds is 6. The van der Waals surface area contributed by atoms with E-state index in [2.05, 4.69) is 0 Å². The molecule has 1 saturated heterocycles. The Balaban J connectivity index is 1.63. The summed E-state index contributed by atoms with van der Waals surface area (Å²) < 4.78 is 37.8. The van der Waals surface area contributed by atoms with Gasteiger partial charge in [0.25, 0.3) is 0 Å². The minimum absolute atomic E-state index is 0.372. The molecular formula is C20H27N2O4S+. The third-order valence-electron chi connectivity index (χ3n) is 4.99. The molecule has 3 rings (SSSR count). The summed E-state index contributed by atoms with van der Waals surface area (Å²) in [6, 6.07) is 13.0. The molecular weight excluding hydrogens is 364 g/mol. The Bertz CT molecular complexity index is 873. The third kappa shape index (κ3) is 4.43. The Hall–Kier alpha value is -2.09. The zero-order valence-electron chi connectivity index (χ0n) is 16.1. The number of ether oxygens (including phenoxy) is 2. The molecule has 0 bridgehead atoms. The van der Waals surface area contributed by atoms with Gasteiger partial charge in [0.05, 0.1) is 45.3 Å². The number of nitrogens with zero attached hydrogens (tertiary/aromatic N) is 1. The van der Waals surface area contributed by atoms with Crippen LogP contribution in [0.15, 0.2) is 47.4 Å². The van der Waals surface area contributed by atoms with Gasteiger partial charge in [-0.05, 0) is 37.3 Å². The lowest BCUT2D eigenvalue weighted by atomic mass is 10.1. The molecule has 0 saturated carbocycles. The van der Waals surface area contributed by atoms with Crippen molar-refractivity contribution in [1.29, 1.82) is 0 Å². The smallest absolute Gasteiger partial charge is 0.243 e. The maximum atomic E-state index is 12.8. The van der Waals surface area contributed by atoms with Gasteiger partial charge in [0, 0.05) is 5.56 Å². The predicted molar refractivity (Wildman–Crippen MR) is 104 cm³/mol. The van der Waals surface area contributed by atoms with E-state index in [9.17, 15) is 8.42 Å². The minimum atomic E-state index is -3.41. The molecule has 1 aliphatic heterocycles. The fourth-order valence-electron chi connectivity index (χ4n) is 3.36. The van der Waals surface area contributed by atoms with Crippen LogP contribution in [0.25, 0.3) is 0 Å². The van der Waals surface area contributed by atoms with Gasteiger partial charge in [-0.2, -0.15) is 4.31 Å². The lowest BCUT2D eigenvalue weighted by molar-refractivity contribution is -0.917. The second-order valence-corrected chi connectivity index (χ2v) is 8.77. The van der Waals surface area contributed by atoms with E-state index >= 15 is 0 Å². The van der Waals surface area contributed by atoms with Gasteiger partial charge in [-0.15, -0.1) is 0 Å². The van der Waals surface area contributed by atoms with Crippen LogP contribution in [0.4, 0.5) is 0 Å². The SMILES string of the molecule is COc1ccc(C[NH+]2CCN(S(=O)(=O)c3ccc(C)cc3)CC2)cc1OC. The van der Waals surface area contributed by atoms with Gasteiger partial charge in [0.15, 0.2) is 11.5 Å². The van der Waals surface area contributed by atoms with E-state index in [0.29, 0.717) is 23.7 Å². The number of nitrogens with one attached hydrogen (secondary N) is 1. The number of benzene rings is 2. The predicted octanol–water partition coefficient (Wildman–Crippen LogP) is 1.10. The van der Waals surface area contributed by atoms with Crippen molar-refractivity contribution in [2.75, 3.05) is 40.4 Å². The summed E-state index contributed by atoms with van der Waals surface area (Å²) in [5.74, 6) is 1.43. The van der Waals surface area contributed by atoms with Gasteiger partial charge in [-0.1, -0.05) is 17.7 Å². The molecule has 0 unspecified atom stereocenters. The Labute approximate surface area is 161 Å². The van der Waals surface area contributed by atoms with Crippen LogP contribution in [0, 0.1) is 6.92 Å². The van der Waals surface area contributed by atoms with Crippen LogP contribution in [0.3, 0.4) is 0 Å². The number of methoxy groups -OCH3 is 2. The van der Waals surface area contributed by atoms with Gasteiger partial charge >= 0.3 is 0 Å². The highest BCUT2D eigenvalue weighted by Gasteiger charge is 2.30. The van der Waals surface area contributed by atoms with Crippen LogP contribution >= 0.6 is 0 Å². The van der Waals surface area contributed by atoms with E-state index in [4.69, 9.17) is 9.47 Å². The second kappa shape index (κ2) is 8.29. The first-order chi connectivity index (χ1) is 12.9. The molecule has 0 aliphatic carbocycles. The van der Waals surface area contributed by atoms with E-state index in [-0.39, 0.29) is 0 Å². The molecule has 27 heavy (non-hydrogen) atoms. The molecule has 1 heterocycles. The van der Waals surface area contributed by atoms with Crippen molar-refractivity contribution in [3.8, 4) is 11.5 Å². The van der Waals surface area contributed by atoms with Gasteiger partial charge < -0.3 is 14.4 Å². The van der Waals surface area contributed by atoms with Crippen molar-refractivity contribution in [3.63, 3.8) is 0 Å². The molecule has 0 amide bonds. The maximum Gasteiger partial charge on any atom is 0.243 e. The number of quaternary nitrogens is 1. The summed E-state index contributed by atoms with van der Waals surface area (Å²) in [7, 11) is -0.162. The van der Waals surface area contributed by atoms with Crippen molar-refractivity contribution in [3.05, 3.63) is 53.6 Å². The number of sulfonamides is 1. The highest BCUT2D eigenvalue weighted by Crippen LogP contribution is 2.27. The molecule has 1 N–H and O–H groups in total. The molecule has 0 spiro atoms. The summed E-state index contributed by atoms with van der Waals surface area (Å²) in [6.07, 6.45) is 0. The van der Waals surface area contributed by atoms with Crippen LogP contribution in [0.5, 0.6) is 11.5 Å². The molecule has 0 radical (unpaired) electrons. The average Bonchev–Trinajstić information content (AvgIpc) is 2.68. The number of piperazine rings is 1. The topological polar surface area (TPSA) is 60.3 Å². The van der Waals surface area contributed by atoms with Crippen LogP contribution in [-0.2, 0) is 16.6 Å². The highest BCUT2D eigenvalue weighted by atomic mass is 32.2. The Kier molecular flexibility index (Phi) is 6.04. The highest BCUT2D eigenvalue weighted by molar-refractivity contribution is 7.89. The van der Waals surface area contributed by atoms with Crippen molar-refractivity contribution < 1.29 is 22.8 Å². The third-order valence-corrected chi connectivity index (χ3v) is 6.90. The van der Waals surface area contributed by atoms with Gasteiger partial charge in [0.2, 0.25) is 10.0 Å². The number of aryl methyl sites for hydroxylation is 1. The molecule has 146 valence electrons. The normalized spacial score (nSPS) is 16.3. The number of hydrogen-bond acceptors (Lipinski definition) is 4. The zero-order valence-corrected chi connectivity index (χ0v) is 16.9. The quantitative estimate of drug-likeness (QED) is 0.801. The second-order valence-electron chi connectivity index (χ2n) is 6.83. The number of hydrogen-bond donors (Lipinski definition) is 1. The molecule has 7 heteroatoms. The molecule has 0 aromatic heterocycles. The van der Waals surface area contributed by atoms with Gasteiger partial charge in [-0.3, -0.25) is 0 Å². The van der Waals surface area contributed by atoms with E-state index in [1.165, 1.54) is 4.90 Å². The minimum Gasteiger partial charge on any atom is -0.493 e. The van der Waals surface area contributed by atoms with Gasteiger partial charge in [0.1, 0.15) is 6.54 Å². The molecule has 6 nitrogen and oxygen atoms in total. The van der Waals surface area contributed by atoms with E-state index < -0.39 is 10.0 Å². The van der Waals surface area contributed by atoms with Crippen LogP contribution in [-0.4, -0.2) is 53.1 Å². The Morgan fingerprint density at radius 3 is 2.19 bits per heavy atom. The van der Waals surface area contributed by atoms with Crippen LogP contribution in [0.2, 0.25) is 0 Å². The molecule has 1 fully saturated rings. The summed E-state index contributed by atoms with van der Waals surface area (Å²) in [5.41, 5.74) is 2.20. The summed E-state index contributed by atoms with van der Waals surface area (Å²) in [5, 5.41) is 0. The summed E-state index contributed by atoms with van der Waals surface area (Å²) >= 11 is 0. The van der Waals surface area contributed by atoms with E-state index in [0.717, 1.165) is 36.5 Å². The van der Waals surface area contributed by atoms with Crippen molar-refractivity contribution in [2.24, 2.45) is 0 Å². The lowest BCUT2D eigenvalue weighted by Gasteiger charge is -2.31. The summed E-state index contributed by atoms with van der Waals surface area (Å²) in [4.78, 5) is 1.73. The zero-order chi connectivity index (χ0) is 19.4. The first-order valence-corrected chi connectivity index (χ1v) is 10.5. The molecule has 1 aliphatic rings. The summed E-state index contributed by atoms with van der Waals surface area (Å²) in [6.45, 7) is 5.39. The fourth-order valence-corrected chi connectivity index (χ4v) is 4.80. The van der Waals surface area contributed by atoms with E-state index in [1.54, 1.807) is 30.7 Å². The standard InChI is InChI=1S/C20H26N2O4S/c1-16-4-7-18(8-5-16)27(23,24)22-12-10-21(11-13-22)15-17-6-9-19(25-2)20(14-17)26-3/h4-9,14H,10-13,15H2,1-3H3/p+1. The van der Waals surface area contributed by atoms with Crippen molar-refractivity contribution in [1.82, 2.24) is 4.31 Å². The van der Waals surface area contributed by atoms with Crippen molar-refractivity contribution >= 4 is 10.0 Å². The van der Waals surface area contributed by atoms with Crippen LogP contribution in [0.1, 0.15) is 11.1 Å². The van der Waals surface area contributed by atoms with Crippen LogP contribution < -0.4 is 14.4 Å². The van der Waals surface area contributed by atoms with Crippen molar-refractivity contribution in [2.45, 2.75) is 18.4 Å². The Morgan fingerprint density at radius 2 is 1.59 bits per heavy atom. The Morgan fingerprint density at radius 1 is 0.963 bits per heavy atom. The lowest BCUT2D eigenvalue weighted by Crippen LogP contribution is -3.13.